The number of amides is 2. The minimum absolute atomic E-state index is 0.308. The van der Waals surface area contributed by atoms with Crippen LogP contribution in [-0.4, -0.2) is 29.2 Å². The van der Waals surface area contributed by atoms with Crippen LogP contribution in [0.15, 0.2) is 60.9 Å². The number of hydrogen-bond donors (Lipinski definition) is 1. The number of aromatic nitrogens is 2. The quantitative estimate of drug-likeness (QED) is 0.743. The fraction of sp³-hybridized carbons (Fsp3) is 0.150. The third-order valence-electron chi connectivity index (χ3n) is 4.18. The van der Waals surface area contributed by atoms with Crippen LogP contribution in [0.2, 0.25) is 0 Å². The summed E-state index contributed by atoms with van der Waals surface area (Å²) < 4.78 is 19.3. The van der Waals surface area contributed by atoms with Crippen molar-refractivity contribution < 1.29 is 13.9 Å². The van der Waals surface area contributed by atoms with Crippen LogP contribution in [0, 0.1) is 5.82 Å². The van der Waals surface area contributed by atoms with Gasteiger partial charge in [0.15, 0.2) is 11.6 Å². The average molecular weight is 364 g/mol. The first kappa shape index (κ1) is 17.0. The SMILES string of the molecule is O=C(Nc1ccncc1)N1CCCOc2ccc(-c3cccc(F)c3)nc21. The minimum atomic E-state index is -0.340. The van der Waals surface area contributed by atoms with E-state index >= 15 is 0 Å². The third-order valence-corrected chi connectivity index (χ3v) is 4.18. The number of nitrogens with zero attached hydrogens (tertiary/aromatic N) is 3. The lowest BCUT2D eigenvalue weighted by atomic mass is 10.1. The van der Waals surface area contributed by atoms with Gasteiger partial charge in [-0.2, -0.15) is 0 Å². The topological polar surface area (TPSA) is 67.4 Å². The van der Waals surface area contributed by atoms with Crippen molar-refractivity contribution in [3.8, 4) is 17.0 Å². The molecule has 0 bridgehead atoms. The Morgan fingerprint density at radius 1 is 1.15 bits per heavy atom. The first-order valence-corrected chi connectivity index (χ1v) is 8.59. The second kappa shape index (κ2) is 7.41. The number of pyridine rings is 2. The van der Waals surface area contributed by atoms with E-state index in [4.69, 9.17) is 4.74 Å². The molecule has 3 heterocycles. The summed E-state index contributed by atoms with van der Waals surface area (Å²) in [5.74, 6) is 0.603. The normalized spacial score (nSPS) is 13.3. The molecule has 2 amide bonds. The largest absolute Gasteiger partial charge is 0.490 e. The lowest BCUT2D eigenvalue weighted by Gasteiger charge is -2.21. The van der Waals surface area contributed by atoms with Gasteiger partial charge in [0.2, 0.25) is 0 Å². The van der Waals surface area contributed by atoms with Crippen molar-refractivity contribution in [2.24, 2.45) is 0 Å². The van der Waals surface area contributed by atoms with Crippen molar-refractivity contribution in [2.45, 2.75) is 6.42 Å². The zero-order valence-corrected chi connectivity index (χ0v) is 14.4. The van der Waals surface area contributed by atoms with Gasteiger partial charge >= 0.3 is 6.03 Å². The van der Waals surface area contributed by atoms with Gasteiger partial charge in [-0.1, -0.05) is 12.1 Å². The minimum Gasteiger partial charge on any atom is -0.490 e. The monoisotopic (exact) mass is 364 g/mol. The predicted molar refractivity (Wildman–Crippen MR) is 100 cm³/mol. The van der Waals surface area contributed by atoms with E-state index in [1.54, 1.807) is 53.7 Å². The van der Waals surface area contributed by atoms with Crippen molar-refractivity contribution >= 4 is 17.5 Å². The number of benzene rings is 1. The Morgan fingerprint density at radius 2 is 2.00 bits per heavy atom. The van der Waals surface area contributed by atoms with Gasteiger partial charge < -0.3 is 10.1 Å². The fourth-order valence-electron chi connectivity index (χ4n) is 2.88. The smallest absolute Gasteiger partial charge is 0.327 e. The average Bonchev–Trinajstić information content (AvgIpc) is 2.90. The molecule has 0 radical (unpaired) electrons. The van der Waals surface area contributed by atoms with Crippen LogP contribution in [0.5, 0.6) is 5.75 Å². The molecule has 1 aliphatic rings. The summed E-state index contributed by atoms with van der Waals surface area (Å²) in [5.41, 5.74) is 1.85. The summed E-state index contributed by atoms with van der Waals surface area (Å²) in [7, 11) is 0. The highest BCUT2D eigenvalue weighted by Crippen LogP contribution is 2.32. The molecule has 0 fully saturated rings. The van der Waals surface area contributed by atoms with Gasteiger partial charge in [0, 0.05) is 30.2 Å². The molecular weight excluding hydrogens is 347 g/mol. The van der Waals surface area contributed by atoms with E-state index in [9.17, 15) is 9.18 Å². The highest BCUT2D eigenvalue weighted by Gasteiger charge is 2.24. The number of ether oxygens (including phenoxy) is 1. The summed E-state index contributed by atoms with van der Waals surface area (Å²) in [6.45, 7) is 0.955. The molecule has 3 aromatic rings. The maximum Gasteiger partial charge on any atom is 0.327 e. The van der Waals surface area contributed by atoms with Crippen LogP contribution >= 0.6 is 0 Å². The first-order chi connectivity index (χ1) is 13.2. The molecule has 7 heteroatoms. The van der Waals surface area contributed by atoms with Crippen molar-refractivity contribution in [3.05, 3.63) is 66.7 Å². The van der Waals surface area contributed by atoms with Gasteiger partial charge in [-0.3, -0.25) is 9.88 Å². The molecule has 0 aliphatic carbocycles. The number of halogens is 1. The lowest BCUT2D eigenvalue weighted by molar-refractivity contribution is 0.256. The van der Waals surface area contributed by atoms with Crippen molar-refractivity contribution in [1.29, 1.82) is 0 Å². The summed E-state index contributed by atoms with van der Waals surface area (Å²) in [6, 6.07) is 12.8. The Balaban J connectivity index is 1.69. The maximum absolute atomic E-state index is 13.6. The Kier molecular flexibility index (Phi) is 4.65. The van der Waals surface area contributed by atoms with E-state index in [0.29, 0.717) is 48.1 Å². The number of carbonyl (C=O) groups is 1. The number of hydrogen-bond acceptors (Lipinski definition) is 4. The molecule has 6 nitrogen and oxygen atoms in total. The van der Waals surface area contributed by atoms with Gasteiger partial charge in [-0.15, -0.1) is 0 Å². The predicted octanol–water partition coefficient (Wildman–Crippen LogP) is 4.10. The summed E-state index contributed by atoms with van der Waals surface area (Å²) in [5, 5.41) is 2.84. The van der Waals surface area contributed by atoms with Gasteiger partial charge in [-0.25, -0.2) is 14.2 Å². The van der Waals surface area contributed by atoms with Gasteiger partial charge in [0.25, 0.3) is 0 Å². The van der Waals surface area contributed by atoms with Crippen LogP contribution in [-0.2, 0) is 0 Å². The first-order valence-electron chi connectivity index (χ1n) is 8.59. The van der Waals surface area contributed by atoms with Crippen LogP contribution < -0.4 is 15.0 Å². The number of fused-ring (bicyclic) bond motifs is 1. The molecule has 0 saturated carbocycles. The molecule has 1 aliphatic heterocycles. The van der Waals surface area contributed by atoms with Gasteiger partial charge in [-0.05, 0) is 42.8 Å². The lowest BCUT2D eigenvalue weighted by Crippen LogP contribution is -2.36. The molecule has 1 aromatic carbocycles. The van der Waals surface area contributed by atoms with E-state index in [2.05, 4.69) is 15.3 Å². The zero-order valence-electron chi connectivity index (χ0n) is 14.4. The second-order valence-corrected chi connectivity index (χ2v) is 6.05. The Morgan fingerprint density at radius 3 is 2.81 bits per heavy atom. The molecule has 2 aromatic heterocycles. The number of urea groups is 1. The van der Waals surface area contributed by atoms with E-state index in [1.165, 1.54) is 12.1 Å². The molecule has 4 rings (SSSR count). The molecule has 0 atom stereocenters. The van der Waals surface area contributed by atoms with Crippen LogP contribution in [0.25, 0.3) is 11.3 Å². The third kappa shape index (κ3) is 3.72. The van der Waals surface area contributed by atoms with Crippen LogP contribution in [0.1, 0.15) is 6.42 Å². The Bertz CT molecular complexity index is 965. The van der Waals surface area contributed by atoms with E-state index in [1.807, 2.05) is 0 Å². The Labute approximate surface area is 155 Å². The van der Waals surface area contributed by atoms with E-state index < -0.39 is 0 Å². The molecule has 0 spiro atoms. The number of anilines is 2. The van der Waals surface area contributed by atoms with Crippen molar-refractivity contribution in [3.63, 3.8) is 0 Å². The summed E-state index contributed by atoms with van der Waals surface area (Å²) in [4.78, 5) is 22.9. The standard InChI is InChI=1S/C20H17FN4O2/c21-15-4-1-3-14(13-15)17-5-6-18-19(24-17)25(11-2-12-27-18)20(26)23-16-7-9-22-10-8-16/h1,3-10,13H,2,11-12H2,(H,22,23,26). The molecule has 1 N–H and O–H groups in total. The van der Waals surface area contributed by atoms with E-state index in [-0.39, 0.29) is 11.8 Å². The van der Waals surface area contributed by atoms with Crippen molar-refractivity contribution in [1.82, 2.24) is 9.97 Å². The van der Waals surface area contributed by atoms with Gasteiger partial charge in [0.05, 0.1) is 12.3 Å². The number of rotatable bonds is 2. The number of carbonyl (C=O) groups excluding carboxylic acids is 1. The second-order valence-electron chi connectivity index (χ2n) is 6.05. The molecule has 136 valence electrons. The molecule has 0 saturated heterocycles. The Hall–Kier alpha value is -3.48. The molecule has 0 unspecified atom stereocenters. The zero-order chi connectivity index (χ0) is 18.6. The maximum atomic E-state index is 13.6. The summed E-state index contributed by atoms with van der Waals surface area (Å²) >= 11 is 0. The van der Waals surface area contributed by atoms with Crippen molar-refractivity contribution in [2.75, 3.05) is 23.4 Å². The highest BCUT2D eigenvalue weighted by atomic mass is 19.1. The number of nitrogens with one attached hydrogen (secondary N) is 1. The van der Waals surface area contributed by atoms with E-state index in [0.717, 1.165) is 0 Å². The molecule has 27 heavy (non-hydrogen) atoms. The van der Waals surface area contributed by atoms with Crippen LogP contribution in [0.4, 0.5) is 20.7 Å². The van der Waals surface area contributed by atoms with Gasteiger partial charge in [0.1, 0.15) is 5.82 Å². The molecular formula is C20H17FN4O2. The van der Waals surface area contributed by atoms with Crippen LogP contribution in [0.3, 0.4) is 0 Å². The summed E-state index contributed by atoms with van der Waals surface area (Å²) in [6.07, 6.45) is 3.89. The highest BCUT2D eigenvalue weighted by molar-refractivity contribution is 6.02. The fourth-order valence-corrected chi connectivity index (χ4v) is 2.88.